The van der Waals surface area contributed by atoms with Crippen LogP contribution in [-0.4, -0.2) is 18.5 Å². The smallest absolute Gasteiger partial charge is 0.141 e. The first-order valence-corrected chi connectivity index (χ1v) is 11.9. The van der Waals surface area contributed by atoms with Gasteiger partial charge in [-0.2, -0.15) is 0 Å². The van der Waals surface area contributed by atoms with Crippen LogP contribution in [0.1, 0.15) is 123 Å². The summed E-state index contributed by atoms with van der Waals surface area (Å²) < 4.78 is 6.40. The number of hydrogen-bond donors (Lipinski definition) is 0. The summed E-state index contributed by atoms with van der Waals surface area (Å²) in [4.78, 5) is 13.7. The Morgan fingerprint density at radius 2 is 1.58 bits per heavy atom. The van der Waals surface area contributed by atoms with Gasteiger partial charge in [0.15, 0.2) is 0 Å². The third kappa shape index (κ3) is 5.81. The van der Waals surface area contributed by atoms with E-state index < -0.39 is 0 Å². The highest BCUT2D eigenvalue weighted by Gasteiger charge is 2.50. The Balaban J connectivity index is 2.30. The number of unbranched alkanes of at least 4 members (excludes halogenated alkanes) is 2. The molecule has 2 aliphatic rings. The fraction of sp³-hybridized carbons (Fsp3) is 0.958. The van der Waals surface area contributed by atoms with Gasteiger partial charge in [-0.15, -0.1) is 0 Å². The Labute approximate surface area is 162 Å². The molecule has 2 heteroatoms. The van der Waals surface area contributed by atoms with Crippen molar-refractivity contribution < 1.29 is 9.53 Å². The van der Waals surface area contributed by atoms with Gasteiger partial charge in [0, 0.05) is 13.0 Å². The molecule has 2 nitrogen and oxygen atoms in total. The van der Waals surface area contributed by atoms with Gasteiger partial charge in [-0.1, -0.05) is 77.6 Å². The molecular formula is C24H44O2. The molecule has 0 radical (unpaired) electrons. The molecule has 2 rings (SSSR count). The molecule has 2 fully saturated rings. The molecule has 0 amide bonds. The van der Waals surface area contributed by atoms with Crippen molar-refractivity contribution in [2.45, 2.75) is 129 Å². The maximum absolute atomic E-state index is 13.7. The highest BCUT2D eigenvalue weighted by Crippen LogP contribution is 2.48. The summed E-state index contributed by atoms with van der Waals surface area (Å²) in [6.45, 7) is 5.13. The maximum Gasteiger partial charge on any atom is 0.141 e. The first-order chi connectivity index (χ1) is 12.8. The van der Waals surface area contributed by atoms with Crippen molar-refractivity contribution >= 4 is 5.78 Å². The Hall–Kier alpha value is -0.370. The molecule has 2 saturated carbocycles. The van der Waals surface area contributed by atoms with E-state index in [9.17, 15) is 4.79 Å². The van der Waals surface area contributed by atoms with Crippen LogP contribution in [0.2, 0.25) is 0 Å². The van der Waals surface area contributed by atoms with Gasteiger partial charge in [0.1, 0.15) is 5.78 Å². The van der Waals surface area contributed by atoms with Crippen LogP contribution in [0.5, 0.6) is 0 Å². The Kier molecular flexibility index (Phi) is 10.3. The van der Waals surface area contributed by atoms with Gasteiger partial charge in [-0.05, 0) is 44.9 Å². The molecule has 0 saturated heterocycles. The summed E-state index contributed by atoms with van der Waals surface area (Å²) in [7, 11) is 0. The minimum Gasteiger partial charge on any atom is -0.377 e. The number of ketones is 1. The molecule has 0 aromatic carbocycles. The maximum atomic E-state index is 13.7. The molecule has 0 spiro atoms. The monoisotopic (exact) mass is 364 g/mol. The van der Waals surface area contributed by atoms with Gasteiger partial charge >= 0.3 is 0 Å². The van der Waals surface area contributed by atoms with E-state index in [1.807, 2.05) is 0 Å². The van der Waals surface area contributed by atoms with Crippen LogP contribution in [0.3, 0.4) is 0 Å². The molecule has 2 unspecified atom stereocenters. The Bertz CT molecular complexity index is 384. The highest BCUT2D eigenvalue weighted by atomic mass is 16.5. The molecule has 26 heavy (non-hydrogen) atoms. The van der Waals surface area contributed by atoms with Crippen molar-refractivity contribution in [1.29, 1.82) is 0 Å². The predicted molar refractivity (Wildman–Crippen MR) is 111 cm³/mol. The molecule has 2 atom stereocenters. The fourth-order valence-corrected chi connectivity index (χ4v) is 5.71. The second kappa shape index (κ2) is 12.2. The van der Waals surface area contributed by atoms with Crippen molar-refractivity contribution in [2.75, 3.05) is 6.61 Å². The number of rotatable bonds is 8. The molecule has 0 N–H and O–H groups in total. The summed E-state index contributed by atoms with van der Waals surface area (Å²) in [5.74, 6) is 1.13. The van der Waals surface area contributed by atoms with E-state index in [4.69, 9.17) is 4.74 Å². The molecule has 0 bridgehead atoms. The standard InChI is InChI=1S/C24H44O2/c1-3-5-11-19-23(26-4-2)24(20-15-10-9-14-18-22(24)25)21-16-12-7-6-8-13-17-21/h21,23H,3-20H2,1-2H3. The molecular weight excluding hydrogens is 320 g/mol. The van der Waals surface area contributed by atoms with Crippen LogP contribution in [-0.2, 0) is 9.53 Å². The molecule has 0 aromatic rings. The lowest BCUT2D eigenvalue weighted by molar-refractivity contribution is -0.151. The van der Waals surface area contributed by atoms with E-state index >= 15 is 0 Å². The van der Waals surface area contributed by atoms with E-state index in [1.54, 1.807) is 0 Å². The summed E-state index contributed by atoms with van der Waals surface area (Å²) >= 11 is 0. The Morgan fingerprint density at radius 1 is 0.923 bits per heavy atom. The zero-order chi connectivity index (χ0) is 18.7. The van der Waals surface area contributed by atoms with Crippen molar-refractivity contribution in [3.8, 4) is 0 Å². The first-order valence-electron chi connectivity index (χ1n) is 11.9. The fourth-order valence-electron chi connectivity index (χ4n) is 5.71. The highest BCUT2D eigenvalue weighted by molar-refractivity contribution is 5.86. The lowest BCUT2D eigenvalue weighted by Gasteiger charge is -2.47. The average Bonchev–Trinajstić information content (AvgIpc) is 2.59. The normalized spacial score (nSPS) is 28.0. The van der Waals surface area contributed by atoms with Crippen molar-refractivity contribution in [3.05, 3.63) is 0 Å². The molecule has 0 aliphatic heterocycles. The van der Waals surface area contributed by atoms with E-state index in [2.05, 4.69) is 13.8 Å². The summed E-state index contributed by atoms with van der Waals surface area (Å²) in [6, 6.07) is 0. The zero-order valence-corrected chi connectivity index (χ0v) is 17.7. The molecule has 0 aromatic heterocycles. The van der Waals surface area contributed by atoms with Gasteiger partial charge in [0.25, 0.3) is 0 Å². The number of carbonyl (C=O) groups excluding carboxylic acids is 1. The van der Waals surface area contributed by atoms with Gasteiger partial charge in [0.05, 0.1) is 11.5 Å². The first kappa shape index (κ1) is 21.9. The van der Waals surface area contributed by atoms with E-state index in [-0.39, 0.29) is 11.5 Å². The summed E-state index contributed by atoms with van der Waals surface area (Å²) in [6.07, 6.45) is 20.9. The minimum atomic E-state index is -0.179. The second-order valence-corrected chi connectivity index (χ2v) is 8.86. The lowest BCUT2D eigenvalue weighted by Crippen LogP contribution is -2.50. The quantitative estimate of drug-likeness (QED) is 0.424. The predicted octanol–water partition coefficient (Wildman–Crippen LogP) is 7.24. The zero-order valence-electron chi connectivity index (χ0n) is 17.7. The van der Waals surface area contributed by atoms with Gasteiger partial charge in [0.2, 0.25) is 0 Å². The summed E-state index contributed by atoms with van der Waals surface area (Å²) in [5.41, 5.74) is -0.179. The van der Waals surface area contributed by atoms with Crippen molar-refractivity contribution in [2.24, 2.45) is 11.3 Å². The van der Waals surface area contributed by atoms with Crippen molar-refractivity contribution in [3.63, 3.8) is 0 Å². The van der Waals surface area contributed by atoms with Crippen LogP contribution in [0.25, 0.3) is 0 Å². The molecule has 152 valence electrons. The number of Topliss-reactive ketones (excluding diaryl/α,β-unsaturated/α-hetero) is 1. The third-order valence-electron chi connectivity index (χ3n) is 7.11. The van der Waals surface area contributed by atoms with E-state index in [0.29, 0.717) is 11.7 Å². The SMILES string of the molecule is CCCCCC(OCC)C1(C2CCCCCCC2)CCCCCCC1=O. The number of carbonyl (C=O) groups is 1. The van der Waals surface area contributed by atoms with Crippen LogP contribution in [0.4, 0.5) is 0 Å². The van der Waals surface area contributed by atoms with Crippen LogP contribution in [0.15, 0.2) is 0 Å². The van der Waals surface area contributed by atoms with Gasteiger partial charge in [-0.3, -0.25) is 4.79 Å². The number of ether oxygens (including phenoxy) is 1. The van der Waals surface area contributed by atoms with Crippen molar-refractivity contribution in [1.82, 2.24) is 0 Å². The van der Waals surface area contributed by atoms with E-state index in [0.717, 1.165) is 32.3 Å². The van der Waals surface area contributed by atoms with E-state index in [1.165, 1.54) is 83.5 Å². The van der Waals surface area contributed by atoms with Crippen LogP contribution < -0.4 is 0 Å². The minimum absolute atomic E-state index is 0.161. The van der Waals surface area contributed by atoms with Crippen LogP contribution in [0, 0.1) is 11.3 Å². The topological polar surface area (TPSA) is 26.3 Å². The van der Waals surface area contributed by atoms with Gasteiger partial charge in [-0.25, -0.2) is 0 Å². The average molecular weight is 365 g/mol. The van der Waals surface area contributed by atoms with Crippen LogP contribution >= 0.6 is 0 Å². The number of hydrogen-bond acceptors (Lipinski definition) is 2. The largest absolute Gasteiger partial charge is 0.377 e. The lowest BCUT2D eigenvalue weighted by atomic mass is 9.59. The molecule has 0 heterocycles. The van der Waals surface area contributed by atoms with Gasteiger partial charge < -0.3 is 4.74 Å². The molecule has 2 aliphatic carbocycles. The summed E-state index contributed by atoms with van der Waals surface area (Å²) in [5, 5.41) is 0. The second-order valence-electron chi connectivity index (χ2n) is 8.86. The third-order valence-corrected chi connectivity index (χ3v) is 7.11. The Morgan fingerprint density at radius 3 is 2.27 bits per heavy atom.